The quantitative estimate of drug-likeness (QED) is 0.154. The molecule has 2 aromatic carbocycles. The summed E-state index contributed by atoms with van der Waals surface area (Å²) in [4.78, 5) is 22.3. The first-order chi connectivity index (χ1) is 14.5. The summed E-state index contributed by atoms with van der Waals surface area (Å²) in [7, 11) is 0. The normalized spacial score (nSPS) is 10.8. The Kier molecular flexibility index (Phi) is 6.95. The zero-order chi connectivity index (χ0) is 21.3. The van der Waals surface area contributed by atoms with Gasteiger partial charge in [-0.25, -0.2) is 10.1 Å². The van der Waals surface area contributed by atoms with E-state index in [0.29, 0.717) is 17.3 Å². The lowest BCUT2D eigenvalue weighted by Crippen LogP contribution is -2.25. The molecule has 1 aromatic heterocycles. The van der Waals surface area contributed by atoms with E-state index in [1.165, 1.54) is 23.0 Å². The number of aromatic nitrogens is 3. The molecule has 3 rings (SSSR count). The zero-order valence-electron chi connectivity index (χ0n) is 15.6. The average molecular weight is 426 g/mol. The number of hydrogen-bond acceptors (Lipinski definition) is 9. The maximum atomic E-state index is 12.0. The highest BCUT2D eigenvalue weighted by Gasteiger charge is 2.12. The fourth-order valence-corrected chi connectivity index (χ4v) is 3.00. The Balaban J connectivity index is 1.50. The molecule has 1 amide bonds. The van der Waals surface area contributed by atoms with Crippen LogP contribution in [0.15, 0.2) is 64.9 Å². The molecule has 30 heavy (non-hydrogen) atoms. The van der Waals surface area contributed by atoms with Gasteiger partial charge in [0.2, 0.25) is 11.1 Å². The zero-order valence-corrected chi connectivity index (χ0v) is 16.5. The van der Waals surface area contributed by atoms with E-state index < -0.39 is 4.92 Å². The van der Waals surface area contributed by atoms with E-state index in [2.05, 4.69) is 26.0 Å². The van der Waals surface area contributed by atoms with Crippen molar-refractivity contribution in [1.29, 1.82) is 0 Å². The number of non-ortho nitro benzene ring substituents is 1. The van der Waals surface area contributed by atoms with Crippen LogP contribution in [0, 0.1) is 10.1 Å². The number of amides is 1. The van der Waals surface area contributed by atoms with Crippen molar-refractivity contribution in [3.8, 4) is 0 Å². The van der Waals surface area contributed by atoms with Crippen LogP contribution >= 0.6 is 11.8 Å². The van der Waals surface area contributed by atoms with E-state index in [-0.39, 0.29) is 23.3 Å². The van der Waals surface area contributed by atoms with Gasteiger partial charge >= 0.3 is 0 Å². The number of thioether (sulfide) groups is 1. The Morgan fingerprint density at radius 3 is 2.80 bits per heavy atom. The van der Waals surface area contributed by atoms with Gasteiger partial charge in [0.15, 0.2) is 0 Å². The van der Waals surface area contributed by atoms with Gasteiger partial charge in [-0.2, -0.15) is 5.10 Å². The molecule has 0 radical (unpaired) electrons. The molecule has 1 heterocycles. The second-order valence-electron chi connectivity index (χ2n) is 5.95. The molecule has 0 aliphatic heterocycles. The van der Waals surface area contributed by atoms with Gasteiger partial charge in [0, 0.05) is 24.2 Å². The van der Waals surface area contributed by atoms with Crippen LogP contribution in [0.5, 0.6) is 0 Å². The van der Waals surface area contributed by atoms with Gasteiger partial charge in [-0.15, -0.1) is 10.2 Å². The van der Waals surface area contributed by atoms with Gasteiger partial charge in [0.1, 0.15) is 0 Å². The Hall–Kier alpha value is -3.93. The third-order valence-corrected chi connectivity index (χ3v) is 4.73. The monoisotopic (exact) mass is 426 g/mol. The van der Waals surface area contributed by atoms with Crippen LogP contribution in [0.2, 0.25) is 0 Å². The summed E-state index contributed by atoms with van der Waals surface area (Å²) >= 11 is 1.13. The van der Waals surface area contributed by atoms with Crippen molar-refractivity contribution in [3.63, 3.8) is 0 Å². The van der Waals surface area contributed by atoms with Gasteiger partial charge in [0.05, 0.1) is 16.9 Å². The fraction of sp³-hybridized carbons (Fsp3) is 0.111. The molecule has 0 aliphatic carbocycles. The summed E-state index contributed by atoms with van der Waals surface area (Å²) in [5, 5.41) is 25.7. The van der Waals surface area contributed by atoms with Gasteiger partial charge in [0.25, 0.3) is 11.6 Å². The lowest BCUT2D eigenvalue weighted by Gasteiger charge is -2.05. The van der Waals surface area contributed by atoms with Crippen LogP contribution in [0.1, 0.15) is 11.1 Å². The van der Waals surface area contributed by atoms with E-state index >= 15 is 0 Å². The summed E-state index contributed by atoms with van der Waals surface area (Å²) in [5.74, 6) is 6.03. The van der Waals surface area contributed by atoms with E-state index in [1.54, 1.807) is 12.1 Å². The van der Waals surface area contributed by atoms with Gasteiger partial charge in [-0.1, -0.05) is 54.2 Å². The largest absolute Gasteiger partial charge is 0.351 e. The highest BCUT2D eigenvalue weighted by Crippen LogP contribution is 2.16. The number of hydrogen-bond donors (Lipinski definition) is 3. The first-order valence-corrected chi connectivity index (χ1v) is 9.69. The number of rotatable bonds is 9. The third kappa shape index (κ3) is 5.78. The standard InChI is InChI=1S/C18H18N8O3S/c19-25-17(22-21-11-14-7-4-8-15(9-14)26(28)29)23-24-18(25)30-12-16(27)20-10-13-5-2-1-3-6-13/h1-9,11H,10,12,19H2,(H,20,27)(H,22,23)/b21-11+. The maximum absolute atomic E-state index is 12.0. The number of nitro groups is 1. The second-order valence-corrected chi connectivity index (χ2v) is 6.89. The molecule has 0 bridgehead atoms. The van der Waals surface area contributed by atoms with Crippen LogP contribution in [-0.2, 0) is 11.3 Å². The van der Waals surface area contributed by atoms with Crippen molar-refractivity contribution in [3.05, 3.63) is 75.8 Å². The number of nitrogens with zero attached hydrogens (tertiary/aromatic N) is 5. The molecule has 154 valence electrons. The molecule has 0 saturated heterocycles. The van der Waals surface area contributed by atoms with Gasteiger partial charge in [-0.3, -0.25) is 14.9 Å². The highest BCUT2D eigenvalue weighted by molar-refractivity contribution is 7.99. The van der Waals surface area contributed by atoms with Gasteiger partial charge in [-0.05, 0) is 5.56 Å². The van der Waals surface area contributed by atoms with Crippen LogP contribution in [0.3, 0.4) is 0 Å². The topological polar surface area (TPSA) is 153 Å². The minimum Gasteiger partial charge on any atom is -0.351 e. The number of nitro benzene ring substituents is 1. The number of nitrogen functional groups attached to an aromatic ring is 1. The number of carbonyl (C=O) groups excluding carboxylic acids is 1. The summed E-state index contributed by atoms with van der Waals surface area (Å²) in [6, 6.07) is 15.6. The predicted molar refractivity (Wildman–Crippen MR) is 113 cm³/mol. The number of nitrogens with one attached hydrogen (secondary N) is 2. The maximum Gasteiger partial charge on any atom is 0.270 e. The lowest BCUT2D eigenvalue weighted by atomic mass is 10.2. The van der Waals surface area contributed by atoms with Crippen LogP contribution in [0.25, 0.3) is 0 Å². The third-order valence-electron chi connectivity index (χ3n) is 3.79. The minimum atomic E-state index is -0.485. The summed E-state index contributed by atoms with van der Waals surface area (Å²) in [5.41, 5.74) is 4.12. The molecular weight excluding hydrogens is 408 g/mol. The number of carbonyl (C=O) groups is 1. The number of benzene rings is 2. The van der Waals surface area contributed by atoms with E-state index in [0.717, 1.165) is 17.3 Å². The first-order valence-electron chi connectivity index (χ1n) is 8.70. The van der Waals surface area contributed by atoms with E-state index in [4.69, 9.17) is 5.84 Å². The molecule has 12 heteroatoms. The van der Waals surface area contributed by atoms with Crippen LogP contribution in [-0.4, -0.2) is 37.7 Å². The van der Waals surface area contributed by atoms with Crippen molar-refractivity contribution in [2.24, 2.45) is 5.10 Å². The van der Waals surface area contributed by atoms with E-state index in [9.17, 15) is 14.9 Å². The Bertz CT molecular complexity index is 1050. The number of anilines is 1. The Morgan fingerprint density at radius 2 is 2.03 bits per heavy atom. The smallest absolute Gasteiger partial charge is 0.270 e. The predicted octanol–water partition coefficient (Wildman–Crippen LogP) is 1.75. The second kappa shape index (κ2) is 10.0. The van der Waals surface area contributed by atoms with Gasteiger partial charge < -0.3 is 11.2 Å². The molecule has 0 fully saturated rings. The molecule has 0 atom stereocenters. The Labute approximate surface area is 175 Å². The van der Waals surface area contributed by atoms with Crippen LogP contribution in [0.4, 0.5) is 11.6 Å². The molecule has 4 N–H and O–H groups in total. The number of nitrogens with two attached hydrogens (primary N) is 1. The number of hydrazone groups is 1. The van der Waals surface area contributed by atoms with E-state index in [1.807, 2.05) is 30.3 Å². The summed E-state index contributed by atoms with van der Waals surface area (Å²) in [6.07, 6.45) is 1.39. The highest BCUT2D eigenvalue weighted by atomic mass is 32.2. The van der Waals surface area contributed by atoms with Crippen molar-refractivity contribution in [2.45, 2.75) is 11.7 Å². The van der Waals surface area contributed by atoms with Crippen molar-refractivity contribution in [2.75, 3.05) is 17.0 Å². The molecule has 11 nitrogen and oxygen atoms in total. The summed E-state index contributed by atoms with van der Waals surface area (Å²) in [6.45, 7) is 0.439. The lowest BCUT2D eigenvalue weighted by molar-refractivity contribution is -0.384. The van der Waals surface area contributed by atoms with Crippen molar-refractivity contribution < 1.29 is 9.72 Å². The molecule has 0 unspecified atom stereocenters. The average Bonchev–Trinajstić information content (AvgIpc) is 3.11. The Morgan fingerprint density at radius 1 is 1.23 bits per heavy atom. The van der Waals surface area contributed by atoms with Crippen molar-refractivity contribution in [1.82, 2.24) is 20.2 Å². The molecule has 0 saturated carbocycles. The molecular formula is C18H18N8O3S. The fourth-order valence-electron chi connectivity index (χ4n) is 2.31. The van der Waals surface area contributed by atoms with Crippen molar-refractivity contribution >= 4 is 35.5 Å². The summed E-state index contributed by atoms with van der Waals surface area (Å²) < 4.78 is 1.17. The minimum absolute atomic E-state index is 0.0369. The SMILES string of the molecule is Nn1c(N/N=C/c2cccc([N+](=O)[O-])c2)nnc1SCC(=O)NCc1ccccc1. The van der Waals surface area contributed by atoms with Crippen LogP contribution < -0.4 is 16.6 Å². The first kappa shape index (κ1) is 20.8. The molecule has 0 spiro atoms. The molecule has 3 aromatic rings. The molecule has 0 aliphatic rings.